The van der Waals surface area contributed by atoms with Gasteiger partial charge in [0.05, 0.1) is 5.69 Å². The number of benzene rings is 3. The van der Waals surface area contributed by atoms with Crippen LogP contribution in [0.1, 0.15) is 23.2 Å². The van der Waals surface area contributed by atoms with Gasteiger partial charge in [0.2, 0.25) is 5.91 Å². The molecule has 1 saturated heterocycles. The standard InChI is InChI=1S/C25H23ClN2O3/c26-20-10-12-21(13-11-20)31-23-9-5-4-8-22(23)27-24(29)18-14-16-28(17-15-18)25(30)19-6-2-1-3-7-19/h1-13,18H,14-17H2,(H,27,29). The lowest BCUT2D eigenvalue weighted by Gasteiger charge is -2.31. The first-order chi connectivity index (χ1) is 15.1. The van der Waals surface area contributed by atoms with Crippen LogP contribution in [0, 0.1) is 5.92 Å². The fraction of sp³-hybridized carbons (Fsp3) is 0.200. The first-order valence-corrected chi connectivity index (χ1v) is 10.7. The molecular formula is C25H23ClN2O3. The summed E-state index contributed by atoms with van der Waals surface area (Å²) in [5, 5.41) is 3.62. The van der Waals surface area contributed by atoms with Crippen molar-refractivity contribution in [3.05, 3.63) is 89.4 Å². The zero-order valence-corrected chi connectivity index (χ0v) is 17.7. The van der Waals surface area contributed by atoms with Crippen molar-refractivity contribution in [3.8, 4) is 11.5 Å². The van der Waals surface area contributed by atoms with Crippen LogP contribution in [0.2, 0.25) is 5.02 Å². The normalized spacial score (nSPS) is 14.2. The lowest BCUT2D eigenvalue weighted by Crippen LogP contribution is -2.41. The van der Waals surface area contributed by atoms with E-state index in [0.29, 0.717) is 53.7 Å². The minimum Gasteiger partial charge on any atom is -0.455 e. The molecule has 0 spiro atoms. The molecule has 0 unspecified atom stereocenters. The summed E-state index contributed by atoms with van der Waals surface area (Å²) in [5.41, 5.74) is 1.30. The van der Waals surface area contributed by atoms with E-state index in [9.17, 15) is 9.59 Å². The molecule has 3 aromatic rings. The number of para-hydroxylation sites is 2. The van der Waals surface area contributed by atoms with Crippen LogP contribution in [0.3, 0.4) is 0 Å². The summed E-state index contributed by atoms with van der Waals surface area (Å²) in [4.78, 5) is 27.3. The van der Waals surface area contributed by atoms with Crippen molar-refractivity contribution in [2.45, 2.75) is 12.8 Å². The van der Waals surface area contributed by atoms with Crippen LogP contribution in [0.4, 0.5) is 5.69 Å². The number of carbonyl (C=O) groups excluding carboxylic acids is 2. The average Bonchev–Trinajstić information content (AvgIpc) is 2.82. The molecule has 0 aliphatic carbocycles. The molecule has 0 atom stereocenters. The van der Waals surface area contributed by atoms with E-state index in [-0.39, 0.29) is 17.7 Å². The molecule has 31 heavy (non-hydrogen) atoms. The van der Waals surface area contributed by atoms with Crippen LogP contribution >= 0.6 is 11.6 Å². The number of halogens is 1. The van der Waals surface area contributed by atoms with Crippen molar-refractivity contribution in [3.63, 3.8) is 0 Å². The highest BCUT2D eigenvalue weighted by molar-refractivity contribution is 6.30. The van der Waals surface area contributed by atoms with E-state index < -0.39 is 0 Å². The van der Waals surface area contributed by atoms with Gasteiger partial charge in [-0.25, -0.2) is 0 Å². The van der Waals surface area contributed by atoms with E-state index in [2.05, 4.69) is 5.32 Å². The molecule has 2 amide bonds. The molecule has 4 rings (SSSR count). The Bertz CT molecular complexity index is 1050. The summed E-state index contributed by atoms with van der Waals surface area (Å²) >= 11 is 5.93. The van der Waals surface area contributed by atoms with E-state index in [0.717, 1.165) is 0 Å². The molecule has 1 fully saturated rings. The largest absolute Gasteiger partial charge is 0.455 e. The number of rotatable bonds is 5. The highest BCUT2D eigenvalue weighted by Crippen LogP contribution is 2.31. The Hall–Kier alpha value is -3.31. The molecule has 0 radical (unpaired) electrons. The third-order valence-electron chi connectivity index (χ3n) is 5.36. The van der Waals surface area contributed by atoms with Crippen molar-refractivity contribution in [2.24, 2.45) is 5.92 Å². The third-order valence-corrected chi connectivity index (χ3v) is 5.61. The predicted octanol–water partition coefficient (Wildman–Crippen LogP) is 5.62. The maximum atomic E-state index is 12.9. The van der Waals surface area contributed by atoms with E-state index in [1.807, 2.05) is 59.5 Å². The number of anilines is 1. The maximum absolute atomic E-state index is 12.9. The van der Waals surface area contributed by atoms with Crippen LogP contribution in [-0.2, 0) is 4.79 Å². The zero-order chi connectivity index (χ0) is 21.6. The monoisotopic (exact) mass is 434 g/mol. The van der Waals surface area contributed by atoms with Gasteiger partial charge >= 0.3 is 0 Å². The van der Waals surface area contributed by atoms with Gasteiger partial charge in [0.15, 0.2) is 5.75 Å². The summed E-state index contributed by atoms with van der Waals surface area (Å²) in [7, 11) is 0. The van der Waals surface area contributed by atoms with Gasteiger partial charge in [-0.2, -0.15) is 0 Å². The fourth-order valence-electron chi connectivity index (χ4n) is 3.63. The van der Waals surface area contributed by atoms with Crippen LogP contribution in [0.25, 0.3) is 0 Å². The van der Waals surface area contributed by atoms with Gasteiger partial charge in [0, 0.05) is 29.6 Å². The summed E-state index contributed by atoms with van der Waals surface area (Å²) in [5.74, 6) is 1.01. The van der Waals surface area contributed by atoms with Gasteiger partial charge in [0.1, 0.15) is 5.75 Å². The highest BCUT2D eigenvalue weighted by Gasteiger charge is 2.28. The van der Waals surface area contributed by atoms with E-state index in [1.165, 1.54) is 0 Å². The van der Waals surface area contributed by atoms with Gasteiger partial charge < -0.3 is 15.0 Å². The lowest BCUT2D eigenvalue weighted by atomic mass is 9.95. The Morgan fingerprint density at radius 2 is 1.52 bits per heavy atom. The Labute approximate surface area is 186 Å². The first kappa shape index (κ1) is 20.9. The molecule has 0 aromatic heterocycles. The van der Waals surface area contributed by atoms with Gasteiger partial charge in [-0.3, -0.25) is 9.59 Å². The number of piperidine rings is 1. The number of likely N-dealkylation sites (tertiary alicyclic amines) is 1. The maximum Gasteiger partial charge on any atom is 0.253 e. The van der Waals surface area contributed by atoms with E-state index in [1.54, 1.807) is 24.3 Å². The molecule has 1 aliphatic rings. The van der Waals surface area contributed by atoms with Crippen molar-refractivity contribution >= 4 is 29.1 Å². The van der Waals surface area contributed by atoms with Gasteiger partial charge in [-0.1, -0.05) is 41.9 Å². The second-order valence-corrected chi connectivity index (χ2v) is 7.91. The molecule has 1 N–H and O–H groups in total. The van der Waals surface area contributed by atoms with Gasteiger partial charge in [-0.05, 0) is 61.4 Å². The van der Waals surface area contributed by atoms with Gasteiger partial charge in [-0.15, -0.1) is 0 Å². The predicted molar refractivity (Wildman–Crippen MR) is 122 cm³/mol. The number of hydrogen-bond acceptors (Lipinski definition) is 3. The smallest absolute Gasteiger partial charge is 0.253 e. The number of hydrogen-bond donors (Lipinski definition) is 1. The summed E-state index contributed by atoms with van der Waals surface area (Å²) in [6.07, 6.45) is 1.26. The zero-order valence-electron chi connectivity index (χ0n) is 17.0. The Balaban J connectivity index is 1.36. The van der Waals surface area contributed by atoms with Crippen LogP contribution in [-0.4, -0.2) is 29.8 Å². The van der Waals surface area contributed by atoms with E-state index in [4.69, 9.17) is 16.3 Å². The van der Waals surface area contributed by atoms with Gasteiger partial charge in [0.25, 0.3) is 5.91 Å². The topological polar surface area (TPSA) is 58.6 Å². The highest BCUT2D eigenvalue weighted by atomic mass is 35.5. The van der Waals surface area contributed by atoms with Crippen molar-refractivity contribution < 1.29 is 14.3 Å². The SMILES string of the molecule is O=C(Nc1ccccc1Oc1ccc(Cl)cc1)C1CCN(C(=O)c2ccccc2)CC1. The number of nitrogens with one attached hydrogen (secondary N) is 1. The summed E-state index contributed by atoms with van der Waals surface area (Å²) in [6, 6.07) is 23.6. The van der Waals surface area contributed by atoms with Crippen LogP contribution in [0.15, 0.2) is 78.9 Å². The number of ether oxygens (including phenoxy) is 1. The molecule has 6 heteroatoms. The summed E-state index contributed by atoms with van der Waals surface area (Å²) < 4.78 is 5.92. The fourth-order valence-corrected chi connectivity index (χ4v) is 3.76. The lowest BCUT2D eigenvalue weighted by molar-refractivity contribution is -0.121. The summed E-state index contributed by atoms with van der Waals surface area (Å²) in [6.45, 7) is 1.13. The number of amides is 2. The molecule has 0 bridgehead atoms. The average molecular weight is 435 g/mol. The Morgan fingerprint density at radius 3 is 2.23 bits per heavy atom. The molecule has 3 aromatic carbocycles. The molecule has 1 heterocycles. The molecule has 1 aliphatic heterocycles. The van der Waals surface area contributed by atoms with Crippen molar-refractivity contribution in [1.29, 1.82) is 0 Å². The third kappa shape index (κ3) is 5.25. The van der Waals surface area contributed by atoms with Crippen molar-refractivity contribution in [2.75, 3.05) is 18.4 Å². The van der Waals surface area contributed by atoms with E-state index >= 15 is 0 Å². The Morgan fingerprint density at radius 1 is 0.871 bits per heavy atom. The van der Waals surface area contributed by atoms with Crippen molar-refractivity contribution in [1.82, 2.24) is 4.90 Å². The second-order valence-electron chi connectivity index (χ2n) is 7.47. The van der Waals surface area contributed by atoms with Crippen LogP contribution < -0.4 is 10.1 Å². The minimum atomic E-state index is -0.150. The van der Waals surface area contributed by atoms with Crippen LogP contribution in [0.5, 0.6) is 11.5 Å². The molecule has 158 valence electrons. The molecule has 5 nitrogen and oxygen atoms in total. The first-order valence-electron chi connectivity index (χ1n) is 10.3. The molecular weight excluding hydrogens is 412 g/mol. The number of nitrogens with zero attached hydrogens (tertiary/aromatic N) is 1. The minimum absolute atomic E-state index is 0.0150. The number of carbonyl (C=O) groups is 2. The Kier molecular flexibility index (Phi) is 6.53. The quantitative estimate of drug-likeness (QED) is 0.566. The molecule has 0 saturated carbocycles. The second kappa shape index (κ2) is 9.67.